The van der Waals surface area contributed by atoms with Crippen LogP contribution >= 0.6 is 0 Å². The smallest absolute Gasteiger partial charge is 0.295 e. The Morgan fingerprint density at radius 2 is 2.07 bits per heavy atom. The van der Waals surface area contributed by atoms with Gasteiger partial charge in [-0.25, -0.2) is 0 Å². The number of hydrogen-bond acceptors (Lipinski definition) is 2. The van der Waals surface area contributed by atoms with Crippen LogP contribution in [-0.2, 0) is 9.53 Å². The molecule has 0 atom stereocenters. The number of carbonyl (C=O) groups is 1. The highest BCUT2D eigenvalue weighted by Gasteiger charge is 2.31. The molecule has 1 saturated carbocycles. The van der Waals surface area contributed by atoms with Crippen molar-refractivity contribution in [2.45, 2.75) is 44.6 Å². The maximum absolute atomic E-state index is 11.2. The first-order chi connectivity index (χ1) is 7.22. The van der Waals surface area contributed by atoms with E-state index in [4.69, 9.17) is 4.74 Å². The normalized spacial score (nSPS) is 18.8. The van der Waals surface area contributed by atoms with Crippen LogP contribution in [0, 0.1) is 11.8 Å². The zero-order valence-electron chi connectivity index (χ0n) is 9.56. The number of methoxy groups -OCH3 is 1. The van der Waals surface area contributed by atoms with Crippen LogP contribution in [0.2, 0.25) is 0 Å². The summed E-state index contributed by atoms with van der Waals surface area (Å²) in [5.74, 6) is 4.84. The number of amides is 1. The third kappa shape index (κ3) is 3.56. The Morgan fingerprint density at radius 3 is 2.60 bits per heavy atom. The van der Waals surface area contributed by atoms with Gasteiger partial charge in [-0.05, 0) is 25.7 Å². The molecule has 0 spiro atoms. The van der Waals surface area contributed by atoms with E-state index in [0.717, 1.165) is 12.8 Å². The van der Waals surface area contributed by atoms with E-state index in [1.165, 1.54) is 19.3 Å². The first-order valence-electron chi connectivity index (χ1n) is 5.48. The van der Waals surface area contributed by atoms with Gasteiger partial charge in [0.25, 0.3) is 5.91 Å². The van der Waals surface area contributed by atoms with Gasteiger partial charge in [0.1, 0.15) is 0 Å². The van der Waals surface area contributed by atoms with Gasteiger partial charge in [-0.15, -0.1) is 0 Å². The third-order valence-electron chi connectivity index (χ3n) is 3.01. The molecule has 0 aromatic heterocycles. The molecule has 1 N–H and O–H groups in total. The number of ether oxygens (including phenoxy) is 1. The van der Waals surface area contributed by atoms with Crippen LogP contribution in [0.4, 0.5) is 0 Å². The maximum atomic E-state index is 11.2. The van der Waals surface area contributed by atoms with Gasteiger partial charge in [0.2, 0.25) is 0 Å². The molecule has 0 unspecified atom stereocenters. The van der Waals surface area contributed by atoms with Gasteiger partial charge in [-0.3, -0.25) is 4.79 Å². The van der Waals surface area contributed by atoms with E-state index < -0.39 is 0 Å². The lowest BCUT2D eigenvalue weighted by atomic mass is 9.84. The summed E-state index contributed by atoms with van der Waals surface area (Å²) >= 11 is 0. The summed E-state index contributed by atoms with van der Waals surface area (Å²) in [6.07, 6.45) is 5.70. The van der Waals surface area contributed by atoms with E-state index in [9.17, 15) is 4.79 Å². The highest BCUT2D eigenvalue weighted by molar-refractivity contribution is 5.93. The second-order valence-corrected chi connectivity index (χ2v) is 4.01. The molecule has 0 heterocycles. The standard InChI is InChI=1S/C12H19NO2/c1-3-7-11(14)13-10-12(15-2)8-5-4-6-9-12/h4-6,8-10H2,1-2H3,(H,13,14). The summed E-state index contributed by atoms with van der Waals surface area (Å²) in [6.45, 7) is 2.24. The molecule has 84 valence electrons. The van der Waals surface area contributed by atoms with E-state index in [1.54, 1.807) is 14.0 Å². The molecule has 1 fully saturated rings. The number of carbonyl (C=O) groups excluding carboxylic acids is 1. The summed E-state index contributed by atoms with van der Waals surface area (Å²) < 4.78 is 5.54. The molecule has 1 amide bonds. The molecule has 3 heteroatoms. The van der Waals surface area contributed by atoms with Crippen molar-refractivity contribution in [1.29, 1.82) is 0 Å². The van der Waals surface area contributed by atoms with Gasteiger partial charge in [-0.2, -0.15) is 0 Å². The van der Waals surface area contributed by atoms with Gasteiger partial charge in [-0.1, -0.05) is 25.2 Å². The summed E-state index contributed by atoms with van der Waals surface area (Å²) in [5, 5.41) is 2.81. The highest BCUT2D eigenvalue weighted by Crippen LogP contribution is 2.30. The molecular formula is C12H19NO2. The molecule has 1 aliphatic carbocycles. The average Bonchev–Trinajstić information content (AvgIpc) is 2.28. The lowest BCUT2D eigenvalue weighted by Crippen LogP contribution is -2.45. The second-order valence-electron chi connectivity index (χ2n) is 4.01. The van der Waals surface area contributed by atoms with E-state index >= 15 is 0 Å². The predicted molar refractivity (Wildman–Crippen MR) is 59.3 cm³/mol. The Bertz CT molecular complexity index is 269. The van der Waals surface area contributed by atoms with Gasteiger partial charge in [0, 0.05) is 13.7 Å². The SMILES string of the molecule is CC#CC(=O)NCC1(OC)CCCCC1. The third-order valence-corrected chi connectivity index (χ3v) is 3.01. The lowest BCUT2D eigenvalue weighted by Gasteiger charge is -2.35. The van der Waals surface area contributed by atoms with Crippen molar-refractivity contribution in [3.63, 3.8) is 0 Å². The predicted octanol–water partition coefficient (Wildman–Crippen LogP) is 1.48. The molecule has 3 nitrogen and oxygen atoms in total. The quantitative estimate of drug-likeness (QED) is 0.715. The van der Waals surface area contributed by atoms with E-state index in [-0.39, 0.29) is 11.5 Å². The topological polar surface area (TPSA) is 38.3 Å². The number of nitrogens with one attached hydrogen (secondary N) is 1. The number of rotatable bonds is 3. The Balaban J connectivity index is 2.44. The van der Waals surface area contributed by atoms with Crippen molar-refractivity contribution in [3.8, 4) is 11.8 Å². The zero-order valence-corrected chi connectivity index (χ0v) is 9.56. The fourth-order valence-corrected chi connectivity index (χ4v) is 2.05. The van der Waals surface area contributed by atoms with Crippen LogP contribution in [0.15, 0.2) is 0 Å². The minimum atomic E-state index is -0.209. The van der Waals surface area contributed by atoms with E-state index in [1.807, 2.05) is 0 Å². The molecule has 0 radical (unpaired) electrons. The number of hydrogen-bond donors (Lipinski definition) is 1. The minimum Gasteiger partial charge on any atom is -0.376 e. The Labute approximate surface area is 91.6 Å². The highest BCUT2D eigenvalue weighted by atomic mass is 16.5. The summed E-state index contributed by atoms with van der Waals surface area (Å²) in [5.41, 5.74) is -0.149. The Hall–Kier alpha value is -1.01. The average molecular weight is 209 g/mol. The van der Waals surface area contributed by atoms with Crippen molar-refractivity contribution >= 4 is 5.91 Å². The molecule has 0 bridgehead atoms. The molecular weight excluding hydrogens is 190 g/mol. The van der Waals surface area contributed by atoms with E-state index in [2.05, 4.69) is 17.2 Å². The summed E-state index contributed by atoms with van der Waals surface area (Å²) in [4.78, 5) is 11.2. The minimum absolute atomic E-state index is 0.149. The fraction of sp³-hybridized carbons (Fsp3) is 0.750. The van der Waals surface area contributed by atoms with E-state index in [0.29, 0.717) is 6.54 Å². The molecule has 1 aliphatic rings. The van der Waals surface area contributed by atoms with Crippen LogP contribution in [0.5, 0.6) is 0 Å². The van der Waals surface area contributed by atoms with Gasteiger partial charge >= 0.3 is 0 Å². The van der Waals surface area contributed by atoms with Crippen molar-refractivity contribution < 1.29 is 9.53 Å². The van der Waals surface area contributed by atoms with Crippen LogP contribution in [0.3, 0.4) is 0 Å². The van der Waals surface area contributed by atoms with Crippen LogP contribution in [0.1, 0.15) is 39.0 Å². The molecule has 0 saturated heterocycles. The van der Waals surface area contributed by atoms with Crippen molar-refractivity contribution in [3.05, 3.63) is 0 Å². The zero-order chi connectivity index (χ0) is 11.1. The second kappa shape index (κ2) is 5.77. The monoisotopic (exact) mass is 209 g/mol. The molecule has 15 heavy (non-hydrogen) atoms. The first-order valence-corrected chi connectivity index (χ1v) is 5.48. The molecule has 0 aliphatic heterocycles. The van der Waals surface area contributed by atoms with Gasteiger partial charge in [0.05, 0.1) is 5.60 Å². The summed E-state index contributed by atoms with van der Waals surface area (Å²) in [6, 6.07) is 0. The van der Waals surface area contributed by atoms with Crippen molar-refractivity contribution in [1.82, 2.24) is 5.32 Å². The first kappa shape index (κ1) is 12.1. The Morgan fingerprint density at radius 1 is 1.40 bits per heavy atom. The van der Waals surface area contributed by atoms with Gasteiger partial charge < -0.3 is 10.1 Å². The molecule has 1 rings (SSSR count). The van der Waals surface area contributed by atoms with Crippen LogP contribution in [-0.4, -0.2) is 25.2 Å². The van der Waals surface area contributed by atoms with Crippen molar-refractivity contribution in [2.24, 2.45) is 0 Å². The Kier molecular flexibility index (Phi) is 4.64. The van der Waals surface area contributed by atoms with Crippen LogP contribution < -0.4 is 5.32 Å². The maximum Gasteiger partial charge on any atom is 0.295 e. The molecule has 0 aromatic carbocycles. The fourth-order valence-electron chi connectivity index (χ4n) is 2.05. The largest absolute Gasteiger partial charge is 0.376 e. The van der Waals surface area contributed by atoms with Gasteiger partial charge in [0.15, 0.2) is 0 Å². The molecule has 0 aromatic rings. The lowest BCUT2D eigenvalue weighted by molar-refractivity contribution is -0.118. The van der Waals surface area contributed by atoms with Crippen molar-refractivity contribution in [2.75, 3.05) is 13.7 Å². The van der Waals surface area contributed by atoms with Crippen LogP contribution in [0.25, 0.3) is 0 Å². The summed E-state index contributed by atoms with van der Waals surface area (Å²) in [7, 11) is 1.73.